The monoisotopic (exact) mass is 344 g/mol. The quantitative estimate of drug-likeness (QED) is 0.380. The number of nitrogens with zero attached hydrogens (tertiary/aromatic N) is 1. The van der Waals surface area contributed by atoms with E-state index in [0.29, 0.717) is 0 Å². The Morgan fingerprint density at radius 3 is 2.50 bits per heavy atom. The van der Waals surface area contributed by atoms with Crippen LogP contribution in [-0.4, -0.2) is 37.4 Å². The van der Waals surface area contributed by atoms with Crippen LogP contribution in [0.2, 0.25) is 10.0 Å². The molecule has 0 bridgehead atoms. The number of esters is 1. The molecule has 0 unspecified atom stereocenters. The average molecular weight is 345 g/mol. The van der Waals surface area contributed by atoms with Crippen LogP contribution < -0.4 is 5.32 Å². The van der Waals surface area contributed by atoms with E-state index < -0.39 is 11.9 Å². The molecule has 1 rings (SSSR count). The normalized spacial score (nSPS) is 12.0. The Bertz CT molecular complexity index is 665. The lowest BCUT2D eigenvalue weighted by Gasteiger charge is -2.08. The highest BCUT2D eigenvalue weighted by molar-refractivity contribution is 6.41. The number of allylic oxidation sites excluding steroid dienone is 1. The lowest BCUT2D eigenvalue weighted by molar-refractivity contribution is -0.135. The first-order chi connectivity index (χ1) is 10.3. The van der Waals surface area contributed by atoms with Crippen molar-refractivity contribution in [3.8, 4) is 0 Å². The summed E-state index contributed by atoms with van der Waals surface area (Å²) in [4.78, 5) is 27.2. The van der Waals surface area contributed by atoms with E-state index >= 15 is 0 Å². The summed E-state index contributed by atoms with van der Waals surface area (Å²) in [5.74, 6) is -1.47. The molecule has 0 fully saturated rings. The van der Waals surface area contributed by atoms with E-state index in [0.717, 1.165) is 6.21 Å². The Labute approximate surface area is 137 Å². The summed E-state index contributed by atoms with van der Waals surface area (Å²) in [6, 6.07) is 2.94. The van der Waals surface area contributed by atoms with Crippen LogP contribution in [0.3, 0.4) is 0 Å². The Morgan fingerprint density at radius 2 is 2.00 bits per heavy atom. The standard InChI is InChI=1S/C14H14Cl2N2O4/c1-7(19)8(14(21)22-3)6-18-10-5-4-9(15)11(12(10)16)13(20)17-2/h4-6,19H,1-3H3,(H,17,20). The van der Waals surface area contributed by atoms with Gasteiger partial charge in [-0.3, -0.25) is 9.79 Å². The molecule has 2 N–H and O–H groups in total. The maximum absolute atomic E-state index is 11.8. The first-order valence-corrected chi connectivity index (χ1v) is 6.81. The van der Waals surface area contributed by atoms with Gasteiger partial charge in [-0.15, -0.1) is 0 Å². The molecule has 118 valence electrons. The zero-order valence-corrected chi connectivity index (χ0v) is 13.6. The Morgan fingerprint density at radius 1 is 1.36 bits per heavy atom. The van der Waals surface area contributed by atoms with Gasteiger partial charge in [0.05, 0.1) is 28.4 Å². The smallest absolute Gasteiger partial charge is 0.342 e. The lowest BCUT2D eigenvalue weighted by atomic mass is 10.2. The van der Waals surface area contributed by atoms with Gasteiger partial charge in [-0.05, 0) is 19.1 Å². The number of carbonyl (C=O) groups is 2. The van der Waals surface area contributed by atoms with E-state index in [-0.39, 0.29) is 32.6 Å². The van der Waals surface area contributed by atoms with Gasteiger partial charge in [-0.25, -0.2) is 4.79 Å². The highest BCUT2D eigenvalue weighted by atomic mass is 35.5. The summed E-state index contributed by atoms with van der Waals surface area (Å²) in [6.45, 7) is 1.32. The van der Waals surface area contributed by atoms with Gasteiger partial charge in [0.1, 0.15) is 11.3 Å². The number of rotatable bonds is 4. The molecule has 1 amide bonds. The molecule has 1 aromatic rings. The van der Waals surface area contributed by atoms with E-state index in [2.05, 4.69) is 15.0 Å². The summed E-state index contributed by atoms with van der Waals surface area (Å²) in [7, 11) is 2.62. The predicted octanol–water partition coefficient (Wildman–Crippen LogP) is 3.06. The number of aliphatic imine (C=N–C) groups is 1. The fourth-order valence-electron chi connectivity index (χ4n) is 1.51. The number of methoxy groups -OCH3 is 1. The number of carbonyl (C=O) groups excluding carboxylic acids is 2. The van der Waals surface area contributed by atoms with Gasteiger partial charge in [0.2, 0.25) is 0 Å². The molecule has 6 nitrogen and oxygen atoms in total. The van der Waals surface area contributed by atoms with Crippen LogP contribution in [0.5, 0.6) is 0 Å². The number of hydrogen-bond acceptors (Lipinski definition) is 5. The van der Waals surface area contributed by atoms with Crippen molar-refractivity contribution < 1.29 is 19.4 Å². The summed E-state index contributed by atoms with van der Waals surface area (Å²) < 4.78 is 4.52. The van der Waals surface area contributed by atoms with Crippen molar-refractivity contribution >= 4 is 47.0 Å². The van der Waals surface area contributed by atoms with Gasteiger partial charge < -0.3 is 15.2 Å². The van der Waals surface area contributed by atoms with Gasteiger partial charge >= 0.3 is 5.97 Å². The van der Waals surface area contributed by atoms with Crippen LogP contribution in [0.15, 0.2) is 28.5 Å². The summed E-state index contributed by atoms with van der Waals surface area (Å²) in [6.07, 6.45) is 1.10. The van der Waals surface area contributed by atoms with Crippen molar-refractivity contribution in [3.63, 3.8) is 0 Å². The number of hydrogen-bond donors (Lipinski definition) is 2. The minimum Gasteiger partial charge on any atom is -0.512 e. The van der Waals surface area contributed by atoms with Crippen molar-refractivity contribution in [1.82, 2.24) is 5.32 Å². The minimum atomic E-state index is -0.750. The van der Waals surface area contributed by atoms with Gasteiger partial charge in [-0.1, -0.05) is 23.2 Å². The third-order valence-corrected chi connectivity index (χ3v) is 3.35. The van der Waals surface area contributed by atoms with Crippen LogP contribution in [0, 0.1) is 0 Å². The second-order valence-corrected chi connectivity index (χ2v) is 4.87. The van der Waals surface area contributed by atoms with E-state index in [1.54, 1.807) is 0 Å². The first-order valence-electron chi connectivity index (χ1n) is 6.05. The highest BCUT2D eigenvalue weighted by Gasteiger charge is 2.17. The minimum absolute atomic E-state index is 0.0305. The van der Waals surface area contributed by atoms with E-state index in [4.69, 9.17) is 23.2 Å². The summed E-state index contributed by atoms with van der Waals surface area (Å²) in [5, 5.41) is 12.1. The number of benzene rings is 1. The van der Waals surface area contributed by atoms with Crippen molar-refractivity contribution in [2.45, 2.75) is 6.92 Å². The number of aliphatic hydroxyl groups excluding tert-OH is 1. The third kappa shape index (κ3) is 3.99. The zero-order chi connectivity index (χ0) is 16.9. The summed E-state index contributed by atoms with van der Waals surface area (Å²) in [5.41, 5.74) is 0.159. The number of halogens is 2. The molecule has 0 aliphatic rings. The SMILES string of the molecule is CNC(=O)c1c(Cl)ccc(N=CC(C(=O)OC)=C(C)O)c1Cl. The molecule has 0 aliphatic carbocycles. The van der Waals surface area contributed by atoms with E-state index in [1.807, 2.05) is 0 Å². The molecular weight excluding hydrogens is 331 g/mol. The molecule has 0 spiro atoms. The molecule has 8 heteroatoms. The van der Waals surface area contributed by atoms with Crippen molar-refractivity contribution in [3.05, 3.63) is 39.1 Å². The molecule has 0 aliphatic heterocycles. The molecule has 0 saturated carbocycles. The Kier molecular flexibility index (Phi) is 6.39. The molecule has 0 atom stereocenters. The number of amides is 1. The molecule has 0 saturated heterocycles. The maximum Gasteiger partial charge on any atom is 0.342 e. The lowest BCUT2D eigenvalue weighted by Crippen LogP contribution is -2.18. The van der Waals surface area contributed by atoms with Gasteiger partial charge in [0.25, 0.3) is 5.91 Å². The predicted molar refractivity (Wildman–Crippen MR) is 85.3 cm³/mol. The van der Waals surface area contributed by atoms with E-state index in [1.165, 1.54) is 33.2 Å². The largest absolute Gasteiger partial charge is 0.512 e. The van der Waals surface area contributed by atoms with Gasteiger partial charge in [-0.2, -0.15) is 0 Å². The highest BCUT2D eigenvalue weighted by Crippen LogP contribution is 2.33. The fraction of sp³-hybridized carbons (Fsp3) is 0.214. The molecule has 0 heterocycles. The Balaban J connectivity index is 3.30. The molecule has 0 radical (unpaired) electrons. The Hall–Kier alpha value is -2.05. The fourth-order valence-corrected chi connectivity index (χ4v) is 2.10. The van der Waals surface area contributed by atoms with Crippen LogP contribution >= 0.6 is 23.2 Å². The second-order valence-electron chi connectivity index (χ2n) is 4.08. The first kappa shape index (κ1) is 18.0. The third-order valence-electron chi connectivity index (χ3n) is 2.65. The molecule has 22 heavy (non-hydrogen) atoms. The van der Waals surface area contributed by atoms with E-state index in [9.17, 15) is 14.7 Å². The number of aliphatic hydroxyl groups is 1. The molecule has 0 aromatic heterocycles. The summed E-state index contributed by atoms with van der Waals surface area (Å²) >= 11 is 12.1. The second kappa shape index (κ2) is 7.82. The molecular formula is C14H14Cl2N2O4. The van der Waals surface area contributed by atoms with Crippen LogP contribution in [-0.2, 0) is 9.53 Å². The van der Waals surface area contributed by atoms with Gasteiger partial charge in [0.15, 0.2) is 0 Å². The van der Waals surface area contributed by atoms with Crippen molar-refractivity contribution in [2.24, 2.45) is 4.99 Å². The maximum atomic E-state index is 11.8. The topological polar surface area (TPSA) is 88.0 Å². The van der Waals surface area contributed by atoms with Gasteiger partial charge in [0, 0.05) is 13.3 Å². The zero-order valence-electron chi connectivity index (χ0n) is 12.1. The van der Waals surface area contributed by atoms with Crippen LogP contribution in [0.25, 0.3) is 0 Å². The average Bonchev–Trinajstić information content (AvgIpc) is 2.48. The number of nitrogens with one attached hydrogen (secondary N) is 1. The van der Waals surface area contributed by atoms with Crippen molar-refractivity contribution in [2.75, 3.05) is 14.2 Å². The van der Waals surface area contributed by atoms with Crippen LogP contribution in [0.4, 0.5) is 5.69 Å². The number of ether oxygens (including phenoxy) is 1. The van der Waals surface area contributed by atoms with Crippen molar-refractivity contribution in [1.29, 1.82) is 0 Å². The molecule has 1 aromatic carbocycles. The van der Waals surface area contributed by atoms with Crippen LogP contribution in [0.1, 0.15) is 17.3 Å².